The summed E-state index contributed by atoms with van der Waals surface area (Å²) < 4.78 is 5.35. The highest BCUT2D eigenvalue weighted by atomic mass is 35.5. The predicted molar refractivity (Wildman–Crippen MR) is 93.9 cm³/mol. The van der Waals surface area contributed by atoms with Crippen molar-refractivity contribution in [3.63, 3.8) is 0 Å². The second-order valence-electron chi connectivity index (χ2n) is 5.20. The van der Waals surface area contributed by atoms with Crippen LogP contribution in [0.15, 0.2) is 42.5 Å². The van der Waals surface area contributed by atoms with E-state index in [9.17, 15) is 4.79 Å². The summed E-state index contributed by atoms with van der Waals surface area (Å²) in [6.45, 7) is 3.24. The average Bonchev–Trinajstić information content (AvgIpc) is 2.59. The summed E-state index contributed by atoms with van der Waals surface area (Å²) in [4.78, 5) is 14.5. The highest BCUT2D eigenvalue weighted by molar-refractivity contribution is 6.44. The Hall–Kier alpha value is -1.75. The van der Waals surface area contributed by atoms with Crippen LogP contribution in [0.25, 0.3) is 0 Å². The molecular weight excluding hydrogens is 335 g/mol. The lowest BCUT2D eigenvalue weighted by molar-refractivity contribution is 0.102. The highest BCUT2D eigenvalue weighted by Crippen LogP contribution is 2.26. The van der Waals surface area contributed by atoms with Crippen molar-refractivity contribution < 1.29 is 9.53 Å². The number of rotatable bonds is 3. The molecule has 1 aliphatic rings. The van der Waals surface area contributed by atoms with Crippen LogP contribution >= 0.6 is 23.2 Å². The number of ether oxygens (including phenoxy) is 1. The van der Waals surface area contributed by atoms with Crippen LogP contribution in [-0.2, 0) is 4.74 Å². The van der Waals surface area contributed by atoms with E-state index in [4.69, 9.17) is 27.9 Å². The molecular formula is C17H16Cl2N2O2. The van der Waals surface area contributed by atoms with Crippen molar-refractivity contribution in [2.24, 2.45) is 0 Å². The molecule has 0 aliphatic carbocycles. The summed E-state index contributed by atoms with van der Waals surface area (Å²) in [5, 5.41) is 3.45. The van der Waals surface area contributed by atoms with E-state index >= 15 is 0 Å². The molecule has 0 spiro atoms. The Kier molecular flexibility index (Phi) is 5.06. The maximum Gasteiger partial charge on any atom is 0.257 e. The minimum Gasteiger partial charge on any atom is -0.378 e. The molecule has 6 heteroatoms. The maximum atomic E-state index is 12.3. The molecule has 1 heterocycles. The van der Waals surface area contributed by atoms with Gasteiger partial charge in [0.2, 0.25) is 0 Å². The van der Waals surface area contributed by atoms with E-state index in [2.05, 4.69) is 10.2 Å². The van der Waals surface area contributed by atoms with Gasteiger partial charge in [0.25, 0.3) is 5.91 Å². The van der Waals surface area contributed by atoms with Gasteiger partial charge in [0.1, 0.15) is 0 Å². The SMILES string of the molecule is O=C(Nc1ccc(N2CCOCC2)cc1)c1cccc(Cl)c1Cl. The highest BCUT2D eigenvalue weighted by Gasteiger charge is 2.14. The number of morpholine rings is 1. The third-order valence-corrected chi connectivity index (χ3v) is 4.52. The molecule has 1 aliphatic heterocycles. The van der Waals surface area contributed by atoms with Gasteiger partial charge in [-0.2, -0.15) is 0 Å². The van der Waals surface area contributed by atoms with Gasteiger partial charge in [-0.3, -0.25) is 4.79 Å². The molecule has 0 atom stereocenters. The summed E-state index contributed by atoms with van der Waals surface area (Å²) in [6.07, 6.45) is 0. The number of halogens is 2. The molecule has 23 heavy (non-hydrogen) atoms. The van der Waals surface area contributed by atoms with Crippen LogP contribution in [0.3, 0.4) is 0 Å². The topological polar surface area (TPSA) is 41.6 Å². The lowest BCUT2D eigenvalue weighted by Crippen LogP contribution is -2.36. The number of anilines is 2. The monoisotopic (exact) mass is 350 g/mol. The van der Waals surface area contributed by atoms with Crippen molar-refractivity contribution in [1.82, 2.24) is 0 Å². The molecule has 0 aromatic heterocycles. The molecule has 1 N–H and O–H groups in total. The number of carbonyl (C=O) groups is 1. The van der Waals surface area contributed by atoms with E-state index in [1.807, 2.05) is 24.3 Å². The molecule has 2 aromatic rings. The number of carbonyl (C=O) groups excluding carboxylic acids is 1. The normalized spacial score (nSPS) is 14.6. The van der Waals surface area contributed by atoms with Gasteiger partial charge in [0.15, 0.2) is 0 Å². The first-order chi connectivity index (χ1) is 11.1. The number of hydrogen-bond acceptors (Lipinski definition) is 3. The van der Waals surface area contributed by atoms with Gasteiger partial charge in [-0.15, -0.1) is 0 Å². The number of hydrogen-bond donors (Lipinski definition) is 1. The zero-order valence-electron chi connectivity index (χ0n) is 12.4. The zero-order chi connectivity index (χ0) is 16.2. The maximum absolute atomic E-state index is 12.3. The van der Waals surface area contributed by atoms with Crippen molar-refractivity contribution in [2.75, 3.05) is 36.5 Å². The van der Waals surface area contributed by atoms with Crippen LogP contribution in [0, 0.1) is 0 Å². The van der Waals surface area contributed by atoms with Crippen molar-refractivity contribution in [3.05, 3.63) is 58.1 Å². The fraction of sp³-hybridized carbons (Fsp3) is 0.235. The standard InChI is InChI=1S/C17H16Cl2N2O2/c18-15-3-1-2-14(16(15)19)17(22)20-12-4-6-13(7-5-12)21-8-10-23-11-9-21/h1-7H,8-11H2,(H,20,22). The second-order valence-corrected chi connectivity index (χ2v) is 5.99. The van der Waals surface area contributed by atoms with Crippen LogP contribution in [-0.4, -0.2) is 32.2 Å². The summed E-state index contributed by atoms with van der Waals surface area (Å²) in [5.41, 5.74) is 2.19. The minimum atomic E-state index is -0.281. The minimum absolute atomic E-state index is 0.261. The number of benzene rings is 2. The zero-order valence-corrected chi connectivity index (χ0v) is 13.9. The van der Waals surface area contributed by atoms with E-state index in [0.717, 1.165) is 32.0 Å². The molecule has 2 aromatic carbocycles. The molecule has 1 amide bonds. The smallest absolute Gasteiger partial charge is 0.257 e. The molecule has 0 bridgehead atoms. The van der Waals surface area contributed by atoms with Crippen molar-refractivity contribution in [1.29, 1.82) is 0 Å². The summed E-state index contributed by atoms with van der Waals surface area (Å²) in [7, 11) is 0. The third-order valence-electron chi connectivity index (χ3n) is 3.70. The van der Waals surface area contributed by atoms with Gasteiger partial charge in [-0.05, 0) is 36.4 Å². The van der Waals surface area contributed by atoms with Gasteiger partial charge in [-0.1, -0.05) is 29.3 Å². The lowest BCUT2D eigenvalue weighted by atomic mass is 10.2. The van der Waals surface area contributed by atoms with Crippen molar-refractivity contribution in [2.45, 2.75) is 0 Å². The summed E-state index contributed by atoms with van der Waals surface area (Å²) >= 11 is 12.0. The van der Waals surface area contributed by atoms with E-state index in [1.165, 1.54) is 0 Å². The van der Waals surface area contributed by atoms with Crippen molar-refractivity contribution >= 4 is 40.5 Å². The Balaban J connectivity index is 1.70. The molecule has 0 saturated carbocycles. The van der Waals surface area contributed by atoms with Gasteiger partial charge in [0.05, 0.1) is 28.8 Å². The first kappa shape index (κ1) is 16.1. The largest absolute Gasteiger partial charge is 0.378 e. The van der Waals surface area contributed by atoms with Gasteiger partial charge in [0, 0.05) is 24.5 Å². The Morgan fingerprint density at radius 1 is 1.04 bits per heavy atom. The predicted octanol–water partition coefficient (Wildman–Crippen LogP) is 4.08. The molecule has 3 rings (SSSR count). The van der Waals surface area contributed by atoms with Crippen LogP contribution in [0.5, 0.6) is 0 Å². The van der Waals surface area contributed by atoms with E-state index in [-0.39, 0.29) is 10.9 Å². The Morgan fingerprint density at radius 2 is 1.74 bits per heavy atom. The Bertz CT molecular complexity index is 698. The lowest BCUT2D eigenvalue weighted by Gasteiger charge is -2.28. The quantitative estimate of drug-likeness (QED) is 0.906. The fourth-order valence-corrected chi connectivity index (χ4v) is 2.84. The van der Waals surface area contributed by atoms with E-state index < -0.39 is 0 Å². The van der Waals surface area contributed by atoms with Crippen LogP contribution in [0.2, 0.25) is 10.0 Å². The molecule has 120 valence electrons. The fourth-order valence-electron chi connectivity index (χ4n) is 2.45. The summed E-state index contributed by atoms with van der Waals surface area (Å²) in [5.74, 6) is -0.281. The molecule has 0 unspecified atom stereocenters. The van der Waals surface area contributed by atoms with E-state index in [1.54, 1.807) is 18.2 Å². The number of amides is 1. The first-order valence-electron chi connectivity index (χ1n) is 7.33. The van der Waals surface area contributed by atoms with Crippen LogP contribution in [0.4, 0.5) is 11.4 Å². The second kappa shape index (κ2) is 7.21. The Morgan fingerprint density at radius 3 is 2.43 bits per heavy atom. The third kappa shape index (κ3) is 3.78. The number of nitrogens with zero attached hydrogens (tertiary/aromatic N) is 1. The van der Waals surface area contributed by atoms with Crippen LogP contribution in [0.1, 0.15) is 10.4 Å². The van der Waals surface area contributed by atoms with Gasteiger partial charge >= 0.3 is 0 Å². The van der Waals surface area contributed by atoms with Gasteiger partial charge < -0.3 is 15.0 Å². The molecule has 1 fully saturated rings. The average molecular weight is 351 g/mol. The van der Waals surface area contributed by atoms with Crippen molar-refractivity contribution in [3.8, 4) is 0 Å². The molecule has 4 nitrogen and oxygen atoms in total. The van der Waals surface area contributed by atoms with Crippen LogP contribution < -0.4 is 10.2 Å². The Labute approximate surface area is 144 Å². The van der Waals surface area contributed by atoms with E-state index in [0.29, 0.717) is 16.3 Å². The molecule has 1 saturated heterocycles. The van der Waals surface area contributed by atoms with Gasteiger partial charge in [-0.25, -0.2) is 0 Å². The first-order valence-corrected chi connectivity index (χ1v) is 8.09. The molecule has 0 radical (unpaired) electrons. The summed E-state index contributed by atoms with van der Waals surface area (Å²) in [6, 6.07) is 12.7. The number of nitrogens with one attached hydrogen (secondary N) is 1.